The fourth-order valence-corrected chi connectivity index (χ4v) is 2.56. The molecule has 0 atom stereocenters. The highest BCUT2D eigenvalue weighted by Crippen LogP contribution is 2.28. The number of nitrogens with one attached hydrogen (secondary N) is 2. The first-order valence-electron chi connectivity index (χ1n) is 6.45. The summed E-state index contributed by atoms with van der Waals surface area (Å²) >= 11 is 1.37. The number of fused-ring (bicyclic) bond motifs is 1. The minimum atomic E-state index is -0.147. The lowest BCUT2D eigenvalue weighted by Gasteiger charge is -2.09. The molecule has 2 heterocycles. The second-order valence-corrected chi connectivity index (χ2v) is 5.43. The Kier molecular flexibility index (Phi) is 3.83. The molecular weight excluding hydrogens is 290 g/mol. The van der Waals surface area contributed by atoms with Gasteiger partial charge in [-0.1, -0.05) is 6.07 Å². The highest BCUT2D eigenvalue weighted by Gasteiger charge is 2.15. The number of anilines is 2. The molecule has 0 radical (unpaired) electrons. The van der Waals surface area contributed by atoms with E-state index in [2.05, 4.69) is 15.6 Å². The molecular formula is C14H13N3O3S. The summed E-state index contributed by atoms with van der Waals surface area (Å²) in [6, 6.07) is 5.35. The van der Waals surface area contributed by atoms with Crippen LogP contribution in [0.5, 0.6) is 5.75 Å². The van der Waals surface area contributed by atoms with E-state index in [0.29, 0.717) is 29.6 Å². The molecule has 108 valence electrons. The average molecular weight is 303 g/mol. The van der Waals surface area contributed by atoms with Gasteiger partial charge in [-0.2, -0.15) is 0 Å². The van der Waals surface area contributed by atoms with Crippen LogP contribution in [0.1, 0.15) is 12.0 Å². The van der Waals surface area contributed by atoms with Gasteiger partial charge in [0, 0.05) is 11.6 Å². The van der Waals surface area contributed by atoms with E-state index in [9.17, 15) is 9.59 Å². The molecule has 1 aromatic heterocycles. The van der Waals surface area contributed by atoms with Crippen LogP contribution < -0.4 is 15.4 Å². The summed E-state index contributed by atoms with van der Waals surface area (Å²) in [6.45, 7) is 0.364. The third kappa shape index (κ3) is 3.38. The molecule has 1 aromatic carbocycles. The molecule has 0 fully saturated rings. The monoisotopic (exact) mass is 303 g/mol. The van der Waals surface area contributed by atoms with Gasteiger partial charge in [0.25, 0.3) is 0 Å². The number of benzene rings is 1. The van der Waals surface area contributed by atoms with Crippen LogP contribution in [0.4, 0.5) is 10.8 Å². The quantitative estimate of drug-likeness (QED) is 0.909. The van der Waals surface area contributed by atoms with Crippen molar-refractivity contribution in [1.82, 2.24) is 4.98 Å². The lowest BCUT2D eigenvalue weighted by Crippen LogP contribution is -2.14. The number of carbonyl (C=O) groups excluding carboxylic acids is 2. The first-order valence-corrected chi connectivity index (χ1v) is 7.33. The molecule has 2 amide bonds. The summed E-state index contributed by atoms with van der Waals surface area (Å²) in [7, 11) is 0. The van der Waals surface area contributed by atoms with E-state index in [4.69, 9.17) is 4.74 Å². The first kappa shape index (κ1) is 13.6. The van der Waals surface area contributed by atoms with Crippen molar-refractivity contribution in [3.8, 4) is 5.75 Å². The smallest absolute Gasteiger partial charge is 0.230 e. The Morgan fingerprint density at radius 1 is 1.48 bits per heavy atom. The third-order valence-electron chi connectivity index (χ3n) is 2.95. The standard InChI is InChI=1S/C14H13N3O3S/c18-12-3-5-20-11-2-1-9(7-10(11)16-12)8-13(19)17-14-15-4-6-21-14/h1-2,4,6-7H,3,5,8H2,(H,16,18)(H,15,17,19). The number of hydrogen-bond donors (Lipinski definition) is 2. The predicted molar refractivity (Wildman–Crippen MR) is 79.6 cm³/mol. The minimum Gasteiger partial charge on any atom is -0.491 e. The number of thiazole rings is 1. The molecule has 0 unspecified atom stereocenters. The van der Waals surface area contributed by atoms with E-state index in [0.717, 1.165) is 5.56 Å². The summed E-state index contributed by atoms with van der Waals surface area (Å²) in [4.78, 5) is 27.4. The molecule has 0 saturated heterocycles. The summed E-state index contributed by atoms with van der Waals surface area (Å²) < 4.78 is 5.47. The van der Waals surface area contributed by atoms with Crippen molar-refractivity contribution in [2.45, 2.75) is 12.8 Å². The van der Waals surface area contributed by atoms with E-state index in [1.807, 2.05) is 6.07 Å². The number of carbonyl (C=O) groups is 2. The van der Waals surface area contributed by atoms with Crippen LogP contribution in [0.25, 0.3) is 0 Å². The van der Waals surface area contributed by atoms with Crippen molar-refractivity contribution >= 4 is 34.0 Å². The van der Waals surface area contributed by atoms with E-state index < -0.39 is 0 Å². The van der Waals surface area contributed by atoms with Crippen LogP contribution in [0.2, 0.25) is 0 Å². The molecule has 3 rings (SSSR count). The molecule has 7 heteroatoms. The maximum absolute atomic E-state index is 11.9. The Bertz CT molecular complexity index is 670. The fourth-order valence-electron chi connectivity index (χ4n) is 2.01. The highest BCUT2D eigenvalue weighted by atomic mass is 32.1. The second kappa shape index (κ2) is 5.92. The van der Waals surface area contributed by atoms with Gasteiger partial charge in [-0.25, -0.2) is 4.98 Å². The topological polar surface area (TPSA) is 80.3 Å². The van der Waals surface area contributed by atoms with Crippen LogP contribution in [0, 0.1) is 0 Å². The van der Waals surface area contributed by atoms with E-state index in [-0.39, 0.29) is 18.2 Å². The van der Waals surface area contributed by atoms with Gasteiger partial charge in [0.15, 0.2) is 5.13 Å². The molecule has 1 aliphatic rings. The van der Waals surface area contributed by atoms with Gasteiger partial charge < -0.3 is 15.4 Å². The molecule has 2 aromatic rings. The fraction of sp³-hybridized carbons (Fsp3) is 0.214. The van der Waals surface area contributed by atoms with Crippen molar-refractivity contribution < 1.29 is 14.3 Å². The molecule has 0 bridgehead atoms. The normalized spacial score (nSPS) is 13.6. The van der Waals surface area contributed by atoms with Crippen molar-refractivity contribution in [2.75, 3.05) is 17.2 Å². The van der Waals surface area contributed by atoms with Gasteiger partial charge >= 0.3 is 0 Å². The zero-order chi connectivity index (χ0) is 14.7. The van der Waals surface area contributed by atoms with Crippen LogP contribution in [0.15, 0.2) is 29.8 Å². The summed E-state index contributed by atoms with van der Waals surface area (Å²) in [5.41, 5.74) is 1.41. The Morgan fingerprint density at radius 2 is 2.38 bits per heavy atom. The first-order chi connectivity index (χ1) is 10.2. The summed E-state index contributed by atoms with van der Waals surface area (Å²) in [6.07, 6.45) is 2.17. The van der Waals surface area contributed by atoms with E-state index >= 15 is 0 Å². The van der Waals surface area contributed by atoms with Crippen LogP contribution >= 0.6 is 11.3 Å². The molecule has 1 aliphatic heterocycles. The van der Waals surface area contributed by atoms with E-state index in [1.165, 1.54) is 11.3 Å². The third-order valence-corrected chi connectivity index (χ3v) is 3.64. The van der Waals surface area contributed by atoms with Gasteiger partial charge in [-0.3, -0.25) is 9.59 Å². The van der Waals surface area contributed by atoms with Gasteiger partial charge in [-0.15, -0.1) is 11.3 Å². The number of rotatable bonds is 3. The van der Waals surface area contributed by atoms with Crippen LogP contribution in [0.3, 0.4) is 0 Å². The second-order valence-electron chi connectivity index (χ2n) is 4.54. The minimum absolute atomic E-state index is 0.0851. The van der Waals surface area contributed by atoms with Crippen molar-refractivity contribution in [3.05, 3.63) is 35.3 Å². The number of hydrogen-bond acceptors (Lipinski definition) is 5. The van der Waals surface area contributed by atoms with Crippen molar-refractivity contribution in [1.29, 1.82) is 0 Å². The number of aromatic nitrogens is 1. The van der Waals surface area contributed by atoms with Gasteiger partial charge in [-0.05, 0) is 17.7 Å². The maximum atomic E-state index is 11.9. The lowest BCUT2D eigenvalue weighted by molar-refractivity contribution is -0.116. The van der Waals surface area contributed by atoms with Gasteiger partial charge in [0.2, 0.25) is 11.8 Å². The molecule has 0 aliphatic carbocycles. The Hall–Kier alpha value is -2.41. The zero-order valence-corrected chi connectivity index (χ0v) is 11.9. The molecule has 6 nitrogen and oxygen atoms in total. The Morgan fingerprint density at radius 3 is 3.19 bits per heavy atom. The van der Waals surface area contributed by atoms with E-state index in [1.54, 1.807) is 23.7 Å². The SMILES string of the molecule is O=C(Cc1ccc2c(c1)NC(=O)CCO2)Nc1nccs1. The van der Waals surface area contributed by atoms with Crippen molar-refractivity contribution in [2.24, 2.45) is 0 Å². The highest BCUT2D eigenvalue weighted by molar-refractivity contribution is 7.13. The van der Waals surface area contributed by atoms with Gasteiger partial charge in [0.1, 0.15) is 5.75 Å². The average Bonchev–Trinajstić information content (AvgIpc) is 2.86. The molecule has 2 N–H and O–H groups in total. The maximum Gasteiger partial charge on any atom is 0.230 e. The molecule has 0 saturated carbocycles. The zero-order valence-electron chi connectivity index (χ0n) is 11.1. The number of ether oxygens (including phenoxy) is 1. The number of amides is 2. The molecule has 0 spiro atoms. The summed E-state index contributed by atoms with van der Waals surface area (Å²) in [5.74, 6) is 0.397. The summed E-state index contributed by atoms with van der Waals surface area (Å²) in [5, 5.41) is 7.87. The van der Waals surface area contributed by atoms with Gasteiger partial charge in [0.05, 0.1) is 25.1 Å². The predicted octanol–water partition coefficient (Wildman–Crippen LogP) is 2.05. The van der Waals surface area contributed by atoms with Crippen molar-refractivity contribution in [3.63, 3.8) is 0 Å². The lowest BCUT2D eigenvalue weighted by atomic mass is 10.1. The molecule has 21 heavy (non-hydrogen) atoms. The Labute approximate surface area is 125 Å². The van der Waals surface area contributed by atoms with Crippen LogP contribution in [-0.4, -0.2) is 23.4 Å². The number of nitrogens with zero attached hydrogens (tertiary/aromatic N) is 1. The Balaban J connectivity index is 1.71. The largest absolute Gasteiger partial charge is 0.491 e. The van der Waals surface area contributed by atoms with Crippen LogP contribution in [-0.2, 0) is 16.0 Å².